The second-order valence-electron chi connectivity index (χ2n) is 6.23. The number of amides is 1. The second kappa shape index (κ2) is 7.84. The van der Waals surface area contributed by atoms with Crippen molar-refractivity contribution in [2.45, 2.75) is 38.3 Å². The van der Waals surface area contributed by atoms with Gasteiger partial charge in [-0.3, -0.25) is 4.79 Å². The monoisotopic (exact) mass is 387 g/mol. The highest BCUT2D eigenvalue weighted by atomic mass is 79.9. The number of halogens is 1. The molecule has 3 nitrogen and oxygen atoms in total. The Kier molecular flexibility index (Phi) is 5.56. The largest absolute Gasteiger partial charge is 0.497 e. The van der Waals surface area contributed by atoms with E-state index in [1.807, 2.05) is 41.3 Å². The van der Waals surface area contributed by atoms with Crippen molar-refractivity contribution in [2.75, 3.05) is 7.11 Å². The van der Waals surface area contributed by atoms with Gasteiger partial charge in [0.1, 0.15) is 5.75 Å². The summed E-state index contributed by atoms with van der Waals surface area (Å²) in [7, 11) is 1.66. The molecule has 1 saturated carbocycles. The standard InChI is InChI=1S/C20H22BrNO2/c1-24-19-7-3-4-15(13-19)8-11-20(23)22(18-9-10-18)14-16-5-2-6-17(21)12-16/h2-7,12-13,18H,8-11,14H2,1H3. The average molecular weight is 388 g/mol. The van der Waals surface area contributed by atoms with Crippen LogP contribution in [-0.2, 0) is 17.8 Å². The van der Waals surface area contributed by atoms with E-state index in [1.165, 1.54) is 5.56 Å². The highest BCUT2D eigenvalue weighted by Crippen LogP contribution is 2.29. The van der Waals surface area contributed by atoms with E-state index in [0.29, 0.717) is 19.0 Å². The van der Waals surface area contributed by atoms with Crippen molar-refractivity contribution < 1.29 is 9.53 Å². The summed E-state index contributed by atoms with van der Waals surface area (Å²) >= 11 is 3.50. The van der Waals surface area contributed by atoms with Gasteiger partial charge in [-0.1, -0.05) is 40.2 Å². The van der Waals surface area contributed by atoms with Gasteiger partial charge in [-0.05, 0) is 54.7 Å². The summed E-state index contributed by atoms with van der Waals surface area (Å²) < 4.78 is 6.30. The van der Waals surface area contributed by atoms with Crippen LogP contribution in [0.4, 0.5) is 0 Å². The van der Waals surface area contributed by atoms with Crippen LogP contribution < -0.4 is 4.74 Å². The molecular weight excluding hydrogens is 366 g/mol. The zero-order valence-electron chi connectivity index (χ0n) is 13.9. The van der Waals surface area contributed by atoms with Crippen LogP contribution in [0.5, 0.6) is 5.75 Å². The predicted octanol–water partition coefficient (Wildman–Crippen LogP) is 4.58. The fourth-order valence-electron chi connectivity index (χ4n) is 2.86. The summed E-state index contributed by atoms with van der Waals surface area (Å²) in [6.45, 7) is 0.695. The van der Waals surface area contributed by atoms with Crippen molar-refractivity contribution in [3.8, 4) is 5.75 Å². The van der Waals surface area contributed by atoms with Crippen LogP contribution in [-0.4, -0.2) is 24.0 Å². The van der Waals surface area contributed by atoms with Gasteiger partial charge in [-0.2, -0.15) is 0 Å². The maximum absolute atomic E-state index is 12.7. The summed E-state index contributed by atoms with van der Waals surface area (Å²) in [5.41, 5.74) is 2.31. The van der Waals surface area contributed by atoms with Gasteiger partial charge >= 0.3 is 0 Å². The molecule has 3 rings (SSSR count). The summed E-state index contributed by atoms with van der Waals surface area (Å²) in [4.78, 5) is 14.8. The molecule has 0 radical (unpaired) electrons. The van der Waals surface area contributed by atoms with Gasteiger partial charge in [0.15, 0.2) is 0 Å². The second-order valence-corrected chi connectivity index (χ2v) is 7.15. The molecule has 2 aromatic carbocycles. The quantitative estimate of drug-likeness (QED) is 0.695. The molecule has 0 aliphatic heterocycles. The molecule has 0 bridgehead atoms. The molecule has 24 heavy (non-hydrogen) atoms. The van der Waals surface area contributed by atoms with Crippen LogP contribution in [0.3, 0.4) is 0 Å². The molecule has 0 N–H and O–H groups in total. The Morgan fingerprint density at radius 2 is 1.92 bits per heavy atom. The Balaban J connectivity index is 1.62. The topological polar surface area (TPSA) is 29.5 Å². The molecule has 1 aliphatic carbocycles. The predicted molar refractivity (Wildman–Crippen MR) is 99.0 cm³/mol. The number of methoxy groups -OCH3 is 1. The maximum Gasteiger partial charge on any atom is 0.223 e. The normalized spacial score (nSPS) is 13.6. The molecule has 0 unspecified atom stereocenters. The molecule has 1 amide bonds. The van der Waals surface area contributed by atoms with E-state index in [4.69, 9.17) is 4.74 Å². The molecule has 0 spiro atoms. The fraction of sp³-hybridized carbons (Fsp3) is 0.350. The Morgan fingerprint density at radius 3 is 2.62 bits per heavy atom. The molecule has 0 heterocycles. The molecule has 4 heteroatoms. The van der Waals surface area contributed by atoms with E-state index in [0.717, 1.165) is 35.0 Å². The van der Waals surface area contributed by atoms with Crippen molar-refractivity contribution in [1.29, 1.82) is 0 Å². The first kappa shape index (κ1) is 17.0. The first-order valence-electron chi connectivity index (χ1n) is 8.32. The van der Waals surface area contributed by atoms with Gasteiger partial charge in [0.05, 0.1) is 7.11 Å². The molecule has 2 aromatic rings. The first-order valence-corrected chi connectivity index (χ1v) is 9.12. The van der Waals surface area contributed by atoms with Crippen LogP contribution in [0.25, 0.3) is 0 Å². The van der Waals surface area contributed by atoms with E-state index in [1.54, 1.807) is 7.11 Å². The summed E-state index contributed by atoms with van der Waals surface area (Å²) in [6.07, 6.45) is 3.53. The molecule has 1 fully saturated rings. The lowest BCUT2D eigenvalue weighted by atomic mass is 10.1. The summed E-state index contributed by atoms with van der Waals surface area (Å²) in [6, 6.07) is 16.6. The number of hydrogen-bond acceptors (Lipinski definition) is 2. The van der Waals surface area contributed by atoms with Crippen LogP contribution in [0.2, 0.25) is 0 Å². The van der Waals surface area contributed by atoms with Gasteiger partial charge < -0.3 is 9.64 Å². The number of carbonyl (C=O) groups excluding carboxylic acids is 1. The van der Waals surface area contributed by atoms with Crippen molar-refractivity contribution in [3.63, 3.8) is 0 Å². The Bertz CT molecular complexity index is 712. The van der Waals surface area contributed by atoms with Crippen molar-refractivity contribution in [3.05, 3.63) is 64.1 Å². The Hall–Kier alpha value is -1.81. The molecule has 1 aliphatic rings. The van der Waals surface area contributed by atoms with Crippen LogP contribution in [0.1, 0.15) is 30.4 Å². The Morgan fingerprint density at radius 1 is 1.17 bits per heavy atom. The van der Waals surface area contributed by atoms with E-state index >= 15 is 0 Å². The van der Waals surface area contributed by atoms with E-state index < -0.39 is 0 Å². The number of hydrogen-bond donors (Lipinski definition) is 0. The minimum atomic E-state index is 0.236. The van der Waals surface area contributed by atoms with E-state index in [-0.39, 0.29) is 5.91 Å². The molecule has 0 saturated heterocycles. The lowest BCUT2D eigenvalue weighted by Gasteiger charge is -2.23. The zero-order valence-corrected chi connectivity index (χ0v) is 15.5. The number of carbonyl (C=O) groups is 1. The average Bonchev–Trinajstić information content (AvgIpc) is 3.43. The fourth-order valence-corrected chi connectivity index (χ4v) is 3.31. The number of benzene rings is 2. The number of rotatable bonds is 7. The highest BCUT2D eigenvalue weighted by molar-refractivity contribution is 9.10. The van der Waals surface area contributed by atoms with Crippen LogP contribution in [0.15, 0.2) is 53.0 Å². The maximum atomic E-state index is 12.7. The highest BCUT2D eigenvalue weighted by Gasteiger charge is 2.32. The molecule has 126 valence electrons. The SMILES string of the molecule is COc1cccc(CCC(=O)N(Cc2cccc(Br)c2)C2CC2)c1. The third-order valence-electron chi connectivity index (χ3n) is 4.31. The molecule has 0 atom stereocenters. The number of nitrogens with zero attached hydrogens (tertiary/aromatic N) is 1. The number of ether oxygens (including phenoxy) is 1. The van der Waals surface area contributed by atoms with Crippen molar-refractivity contribution in [1.82, 2.24) is 4.90 Å². The first-order chi connectivity index (χ1) is 11.7. The minimum absolute atomic E-state index is 0.236. The zero-order chi connectivity index (χ0) is 16.9. The van der Waals surface area contributed by atoms with Crippen molar-refractivity contribution >= 4 is 21.8 Å². The van der Waals surface area contributed by atoms with Gasteiger partial charge in [0.25, 0.3) is 0 Å². The third-order valence-corrected chi connectivity index (χ3v) is 4.80. The molecular formula is C20H22BrNO2. The van der Waals surface area contributed by atoms with Crippen molar-refractivity contribution in [2.24, 2.45) is 0 Å². The van der Waals surface area contributed by atoms with Gasteiger partial charge in [0, 0.05) is 23.5 Å². The van der Waals surface area contributed by atoms with Gasteiger partial charge in [0.2, 0.25) is 5.91 Å². The van der Waals surface area contributed by atoms with Crippen LogP contribution >= 0.6 is 15.9 Å². The van der Waals surface area contributed by atoms with E-state index in [2.05, 4.69) is 28.1 Å². The summed E-state index contributed by atoms with van der Waals surface area (Å²) in [5.74, 6) is 1.08. The third kappa shape index (κ3) is 4.60. The smallest absolute Gasteiger partial charge is 0.223 e. The lowest BCUT2D eigenvalue weighted by Crippen LogP contribution is -2.32. The van der Waals surface area contributed by atoms with E-state index in [9.17, 15) is 4.79 Å². The molecule has 0 aromatic heterocycles. The minimum Gasteiger partial charge on any atom is -0.497 e. The Labute approximate surface area is 151 Å². The van der Waals surface area contributed by atoms with Gasteiger partial charge in [-0.25, -0.2) is 0 Å². The van der Waals surface area contributed by atoms with Crippen LogP contribution in [0, 0.1) is 0 Å². The summed E-state index contributed by atoms with van der Waals surface area (Å²) in [5, 5.41) is 0. The lowest BCUT2D eigenvalue weighted by molar-refractivity contribution is -0.132. The van der Waals surface area contributed by atoms with Gasteiger partial charge in [-0.15, -0.1) is 0 Å². The number of aryl methyl sites for hydroxylation is 1.